The van der Waals surface area contributed by atoms with Crippen molar-refractivity contribution in [2.45, 2.75) is 29.0 Å². The van der Waals surface area contributed by atoms with Gasteiger partial charge in [0.25, 0.3) is 0 Å². The number of tetrazole rings is 1. The highest BCUT2D eigenvalue weighted by Crippen LogP contribution is 2.41. The molecule has 2 aliphatic rings. The van der Waals surface area contributed by atoms with E-state index >= 15 is 0 Å². The van der Waals surface area contributed by atoms with Crippen molar-refractivity contribution in [1.82, 2.24) is 30.4 Å². The number of fused-ring (bicyclic) bond motifs is 1. The number of β-lactam (4-membered cyclic amide) rings is 1. The van der Waals surface area contributed by atoms with Gasteiger partial charge in [-0.15, -0.1) is 16.9 Å². The molecule has 0 aliphatic carbocycles. The van der Waals surface area contributed by atoms with Crippen LogP contribution in [0.4, 0.5) is 0 Å². The van der Waals surface area contributed by atoms with Crippen molar-refractivity contribution >= 4 is 41.3 Å². The first kappa shape index (κ1) is 20.4. The standard InChI is InChI=1S/C18H18N6O4S2/c1-23-18(20-21-22-23)30-9-11-8-29-16-13(15(26)24(16)14(11)17(27)28)19-12(25)7-10-5-3-2-4-6-10/h2-6,8,13-14,16H,7,9H2,1H3,(H,19,25)(H,27,28)/t13-,14-,16+/m1/s1. The average molecular weight is 447 g/mol. The number of carboxylic acid groups (broad SMARTS) is 1. The fourth-order valence-corrected chi connectivity index (χ4v) is 5.51. The number of thioether (sulfide) groups is 2. The molecule has 1 saturated heterocycles. The van der Waals surface area contributed by atoms with Gasteiger partial charge in [0, 0.05) is 12.8 Å². The summed E-state index contributed by atoms with van der Waals surface area (Å²) >= 11 is 2.63. The molecule has 10 nitrogen and oxygen atoms in total. The first-order valence-corrected chi connectivity index (χ1v) is 11.0. The van der Waals surface area contributed by atoms with Crippen molar-refractivity contribution < 1.29 is 19.5 Å². The maximum absolute atomic E-state index is 12.7. The van der Waals surface area contributed by atoms with E-state index in [4.69, 9.17) is 0 Å². The van der Waals surface area contributed by atoms with Gasteiger partial charge in [-0.1, -0.05) is 42.1 Å². The summed E-state index contributed by atoms with van der Waals surface area (Å²) in [5.41, 5.74) is 1.43. The number of carbonyl (C=O) groups excluding carboxylic acids is 2. The van der Waals surface area contributed by atoms with Gasteiger partial charge in [-0.05, 0) is 27.0 Å². The van der Waals surface area contributed by atoms with Crippen LogP contribution in [-0.2, 0) is 27.9 Å². The topological polar surface area (TPSA) is 130 Å². The number of hydrogen-bond acceptors (Lipinski definition) is 8. The van der Waals surface area contributed by atoms with E-state index in [1.165, 1.54) is 33.1 Å². The second-order valence-electron chi connectivity index (χ2n) is 6.79. The molecule has 2 aliphatic heterocycles. The van der Waals surface area contributed by atoms with E-state index in [0.29, 0.717) is 16.5 Å². The number of hydrogen-bond donors (Lipinski definition) is 2. The number of rotatable bonds is 7. The molecule has 0 unspecified atom stereocenters. The minimum atomic E-state index is -1.11. The van der Waals surface area contributed by atoms with Crippen molar-refractivity contribution in [2.24, 2.45) is 7.05 Å². The van der Waals surface area contributed by atoms with E-state index in [1.807, 2.05) is 30.3 Å². The van der Waals surface area contributed by atoms with E-state index in [2.05, 4.69) is 20.8 Å². The zero-order valence-corrected chi connectivity index (χ0v) is 17.5. The zero-order valence-electron chi connectivity index (χ0n) is 15.8. The van der Waals surface area contributed by atoms with Crippen LogP contribution in [0.3, 0.4) is 0 Å². The summed E-state index contributed by atoms with van der Waals surface area (Å²) in [5.74, 6) is -1.44. The summed E-state index contributed by atoms with van der Waals surface area (Å²) in [7, 11) is 1.69. The van der Waals surface area contributed by atoms with E-state index in [9.17, 15) is 19.5 Å². The summed E-state index contributed by atoms with van der Waals surface area (Å²) in [4.78, 5) is 38.3. The van der Waals surface area contributed by atoms with Crippen LogP contribution in [-0.4, -0.2) is 71.2 Å². The van der Waals surface area contributed by atoms with Crippen molar-refractivity contribution in [3.05, 3.63) is 46.9 Å². The lowest BCUT2D eigenvalue weighted by molar-refractivity contribution is -0.160. The van der Waals surface area contributed by atoms with Crippen LogP contribution in [0.15, 0.2) is 46.5 Å². The number of nitrogens with one attached hydrogen (secondary N) is 1. The number of amides is 2. The fraction of sp³-hybridized carbons (Fsp3) is 0.333. The molecule has 1 fully saturated rings. The molecule has 3 atom stereocenters. The Kier molecular flexibility index (Phi) is 5.77. The minimum Gasteiger partial charge on any atom is -0.479 e. The minimum absolute atomic E-state index is 0.161. The lowest BCUT2D eigenvalue weighted by Crippen LogP contribution is -2.74. The largest absolute Gasteiger partial charge is 0.479 e. The van der Waals surface area contributed by atoms with Gasteiger partial charge in [0.05, 0.1) is 6.42 Å². The Bertz CT molecular complexity index is 1010. The molecule has 12 heteroatoms. The number of aryl methyl sites for hydroxylation is 1. The third kappa shape index (κ3) is 3.92. The van der Waals surface area contributed by atoms with Gasteiger partial charge < -0.3 is 15.3 Å². The number of aliphatic carboxylic acids is 1. The number of aromatic nitrogens is 4. The summed E-state index contributed by atoms with van der Waals surface area (Å²) < 4.78 is 1.49. The lowest BCUT2D eigenvalue weighted by atomic mass is 9.98. The normalized spacial score (nSPS) is 22.7. The van der Waals surface area contributed by atoms with Gasteiger partial charge in [0.15, 0.2) is 6.04 Å². The number of nitrogens with zero attached hydrogens (tertiary/aromatic N) is 5. The molecule has 1 aromatic heterocycles. The predicted octanol–water partition coefficient (Wildman–Crippen LogP) is 0.282. The number of carboxylic acids is 1. The van der Waals surface area contributed by atoms with E-state index in [0.717, 1.165) is 5.56 Å². The third-order valence-electron chi connectivity index (χ3n) is 4.78. The second kappa shape index (κ2) is 8.48. The molecule has 1 aromatic carbocycles. The molecule has 0 bridgehead atoms. The van der Waals surface area contributed by atoms with Gasteiger partial charge >= 0.3 is 5.97 Å². The van der Waals surface area contributed by atoms with Crippen LogP contribution >= 0.6 is 23.5 Å². The van der Waals surface area contributed by atoms with Crippen LogP contribution in [0.5, 0.6) is 0 Å². The third-order valence-corrected chi connectivity index (χ3v) is 7.07. The smallest absolute Gasteiger partial charge is 0.330 e. The first-order chi connectivity index (χ1) is 14.5. The summed E-state index contributed by atoms with van der Waals surface area (Å²) in [6.45, 7) is 0. The Hall–Kier alpha value is -2.86. The molecular formula is C18H18N6O4S2. The van der Waals surface area contributed by atoms with Crippen LogP contribution in [0.1, 0.15) is 5.56 Å². The number of benzene rings is 1. The average Bonchev–Trinajstić information content (AvgIpc) is 3.15. The van der Waals surface area contributed by atoms with Gasteiger partial charge in [0.2, 0.25) is 17.0 Å². The molecule has 30 heavy (non-hydrogen) atoms. The Morgan fingerprint density at radius 3 is 2.73 bits per heavy atom. The van der Waals surface area contributed by atoms with Gasteiger partial charge in [0.1, 0.15) is 11.4 Å². The Morgan fingerprint density at radius 1 is 1.30 bits per heavy atom. The van der Waals surface area contributed by atoms with Gasteiger partial charge in [-0.2, -0.15) is 0 Å². The Morgan fingerprint density at radius 2 is 2.07 bits per heavy atom. The Balaban J connectivity index is 1.42. The molecule has 3 heterocycles. The highest BCUT2D eigenvalue weighted by Gasteiger charge is 2.55. The van der Waals surface area contributed by atoms with E-state index in [1.54, 1.807) is 12.5 Å². The summed E-state index contributed by atoms with van der Waals surface area (Å²) in [6.07, 6.45) is 0.161. The SMILES string of the molecule is Cn1nnnc1SCC1=CS[C@H]2[C@H](NC(=O)Cc3ccccc3)C(=O)N2[C@H]1C(=O)O. The summed E-state index contributed by atoms with van der Waals surface area (Å²) in [5, 5.41) is 25.5. The zero-order chi connectivity index (χ0) is 21.3. The molecule has 4 rings (SSSR count). The molecule has 0 spiro atoms. The van der Waals surface area contributed by atoms with E-state index < -0.39 is 29.3 Å². The van der Waals surface area contributed by atoms with Crippen molar-refractivity contribution in [3.8, 4) is 0 Å². The maximum Gasteiger partial charge on any atom is 0.330 e. The summed E-state index contributed by atoms with van der Waals surface area (Å²) in [6, 6.07) is 7.42. The maximum atomic E-state index is 12.7. The Labute approximate surface area is 180 Å². The van der Waals surface area contributed by atoms with Crippen LogP contribution in [0.2, 0.25) is 0 Å². The molecule has 2 amide bonds. The molecule has 156 valence electrons. The van der Waals surface area contributed by atoms with E-state index in [-0.39, 0.29) is 12.3 Å². The van der Waals surface area contributed by atoms with Crippen molar-refractivity contribution in [2.75, 3.05) is 5.75 Å². The predicted molar refractivity (Wildman–Crippen MR) is 109 cm³/mol. The monoisotopic (exact) mass is 446 g/mol. The molecule has 0 saturated carbocycles. The van der Waals surface area contributed by atoms with Gasteiger partial charge in [-0.25, -0.2) is 9.48 Å². The molecule has 2 N–H and O–H groups in total. The molecular weight excluding hydrogens is 428 g/mol. The van der Waals surface area contributed by atoms with Crippen LogP contribution < -0.4 is 5.32 Å². The second-order valence-corrected chi connectivity index (χ2v) is 8.72. The number of carbonyl (C=O) groups is 3. The van der Waals surface area contributed by atoms with Gasteiger partial charge in [-0.3, -0.25) is 9.59 Å². The first-order valence-electron chi connectivity index (χ1n) is 9.03. The van der Waals surface area contributed by atoms with Crippen molar-refractivity contribution in [1.29, 1.82) is 0 Å². The van der Waals surface area contributed by atoms with Crippen molar-refractivity contribution in [3.63, 3.8) is 0 Å². The van der Waals surface area contributed by atoms with Crippen LogP contribution in [0, 0.1) is 0 Å². The lowest BCUT2D eigenvalue weighted by Gasteiger charge is -2.51. The molecule has 0 radical (unpaired) electrons. The highest BCUT2D eigenvalue weighted by molar-refractivity contribution is 8.03. The molecule has 2 aromatic rings. The quantitative estimate of drug-likeness (QED) is 0.455. The fourth-order valence-electron chi connectivity index (χ4n) is 3.33. The highest BCUT2D eigenvalue weighted by atomic mass is 32.2. The van der Waals surface area contributed by atoms with Crippen LogP contribution in [0.25, 0.3) is 0 Å².